The van der Waals surface area contributed by atoms with Crippen molar-refractivity contribution in [2.45, 2.75) is 64.1 Å². The van der Waals surface area contributed by atoms with Gasteiger partial charge >= 0.3 is 6.09 Å². The predicted molar refractivity (Wildman–Crippen MR) is 122 cm³/mol. The summed E-state index contributed by atoms with van der Waals surface area (Å²) < 4.78 is 9.85. The molecule has 2 rings (SSSR count). The lowest BCUT2D eigenvalue weighted by molar-refractivity contribution is -0.140. The van der Waals surface area contributed by atoms with Crippen molar-refractivity contribution in [3.8, 4) is 0 Å². The molecule has 3 amide bonds. The van der Waals surface area contributed by atoms with Gasteiger partial charge in [-0.05, 0) is 43.6 Å². The van der Waals surface area contributed by atoms with Crippen molar-refractivity contribution in [2.24, 2.45) is 5.92 Å². The lowest BCUT2D eigenvalue weighted by Gasteiger charge is -2.23. The van der Waals surface area contributed by atoms with E-state index in [9.17, 15) is 19.2 Å². The van der Waals surface area contributed by atoms with E-state index < -0.39 is 35.8 Å². The lowest BCUT2D eigenvalue weighted by Crippen LogP contribution is -2.54. The molecule has 33 heavy (non-hydrogen) atoms. The minimum absolute atomic E-state index is 0.0316. The average Bonchev–Trinajstić information content (AvgIpc) is 3.60. The van der Waals surface area contributed by atoms with Crippen molar-refractivity contribution < 1.29 is 28.7 Å². The Kier molecular flexibility index (Phi) is 10.8. The van der Waals surface area contributed by atoms with E-state index in [0.29, 0.717) is 12.8 Å². The van der Waals surface area contributed by atoms with Gasteiger partial charge in [-0.15, -0.1) is 0 Å². The maximum absolute atomic E-state index is 13.0. The number of benzene rings is 1. The number of rotatable bonds is 14. The Morgan fingerprint density at radius 1 is 1.00 bits per heavy atom. The Labute approximate surface area is 195 Å². The van der Waals surface area contributed by atoms with Gasteiger partial charge in [-0.25, -0.2) is 4.79 Å². The molecule has 1 aromatic carbocycles. The first-order valence-electron chi connectivity index (χ1n) is 11.4. The fourth-order valence-corrected chi connectivity index (χ4v) is 3.24. The molecule has 0 heterocycles. The van der Waals surface area contributed by atoms with E-state index in [-0.39, 0.29) is 31.6 Å². The quantitative estimate of drug-likeness (QED) is 0.287. The molecular weight excluding hydrogens is 426 g/mol. The second-order valence-corrected chi connectivity index (χ2v) is 8.65. The minimum Gasteiger partial charge on any atom is -0.447 e. The smallest absolute Gasteiger partial charge is 0.407 e. The summed E-state index contributed by atoms with van der Waals surface area (Å²) in [7, 11) is 1.49. The number of Topliss-reactive ketones (excluding diaryl/α,β-unsaturated/α-hetero) is 1. The van der Waals surface area contributed by atoms with Gasteiger partial charge in [0, 0.05) is 13.2 Å². The SMILES string of the molecule is COCCOC(=O)NC(CC(C)C)C(=O)NC(CCc1ccccc1)C(=O)C(=O)NC1CC1. The van der Waals surface area contributed by atoms with Crippen LogP contribution in [0.2, 0.25) is 0 Å². The molecule has 1 aliphatic carbocycles. The van der Waals surface area contributed by atoms with Crippen molar-refractivity contribution in [3.05, 3.63) is 35.9 Å². The second-order valence-electron chi connectivity index (χ2n) is 8.65. The molecular formula is C24H35N3O6. The van der Waals surface area contributed by atoms with Crippen LogP contribution in [0, 0.1) is 5.92 Å². The van der Waals surface area contributed by atoms with Crippen molar-refractivity contribution in [1.29, 1.82) is 0 Å². The molecule has 0 aromatic heterocycles. The molecule has 0 bridgehead atoms. The van der Waals surface area contributed by atoms with Crippen molar-refractivity contribution in [3.63, 3.8) is 0 Å². The van der Waals surface area contributed by atoms with Crippen LogP contribution in [0.25, 0.3) is 0 Å². The number of aryl methyl sites for hydroxylation is 1. The van der Waals surface area contributed by atoms with Gasteiger partial charge in [0.2, 0.25) is 11.7 Å². The van der Waals surface area contributed by atoms with E-state index in [4.69, 9.17) is 9.47 Å². The zero-order valence-electron chi connectivity index (χ0n) is 19.6. The largest absolute Gasteiger partial charge is 0.447 e. The predicted octanol–water partition coefficient (Wildman–Crippen LogP) is 1.74. The summed E-state index contributed by atoms with van der Waals surface area (Å²) in [5.74, 6) is -1.81. The van der Waals surface area contributed by atoms with Gasteiger partial charge in [0.05, 0.1) is 12.6 Å². The first kappa shape index (κ1) is 26.3. The van der Waals surface area contributed by atoms with Crippen LogP contribution in [-0.4, -0.2) is 62.1 Å². The summed E-state index contributed by atoms with van der Waals surface area (Å²) in [5, 5.41) is 7.94. The Morgan fingerprint density at radius 2 is 1.70 bits per heavy atom. The first-order chi connectivity index (χ1) is 15.8. The summed E-state index contributed by atoms with van der Waals surface area (Å²) in [5.41, 5.74) is 0.991. The molecule has 1 aromatic rings. The molecule has 9 nitrogen and oxygen atoms in total. The second kappa shape index (κ2) is 13.6. The maximum atomic E-state index is 13.0. The summed E-state index contributed by atoms with van der Waals surface area (Å²) in [4.78, 5) is 50.4. The molecule has 2 atom stereocenters. The molecule has 1 aliphatic rings. The number of carbonyl (C=O) groups is 4. The number of alkyl carbamates (subject to hydrolysis) is 1. The van der Waals surface area contributed by atoms with Crippen molar-refractivity contribution >= 4 is 23.7 Å². The van der Waals surface area contributed by atoms with Gasteiger partial charge in [0.25, 0.3) is 5.91 Å². The number of amides is 3. The summed E-state index contributed by atoms with van der Waals surface area (Å²) in [6.45, 7) is 4.12. The van der Waals surface area contributed by atoms with E-state index in [2.05, 4.69) is 16.0 Å². The summed E-state index contributed by atoms with van der Waals surface area (Å²) in [6.07, 6.45) is 2.08. The zero-order chi connectivity index (χ0) is 24.2. The van der Waals surface area contributed by atoms with Gasteiger partial charge in [-0.3, -0.25) is 14.4 Å². The Hall–Kier alpha value is -2.94. The van der Waals surface area contributed by atoms with Crippen LogP contribution in [0.3, 0.4) is 0 Å². The molecule has 0 saturated heterocycles. The third kappa shape index (κ3) is 10.0. The molecule has 182 valence electrons. The number of hydrogen-bond acceptors (Lipinski definition) is 6. The Bertz CT molecular complexity index is 795. The van der Waals surface area contributed by atoms with E-state index in [0.717, 1.165) is 18.4 Å². The third-order valence-electron chi connectivity index (χ3n) is 5.17. The molecule has 1 saturated carbocycles. The lowest BCUT2D eigenvalue weighted by atomic mass is 9.99. The normalized spacial score (nSPS) is 14.8. The minimum atomic E-state index is -1.00. The van der Waals surface area contributed by atoms with Gasteiger partial charge < -0.3 is 25.4 Å². The van der Waals surface area contributed by atoms with Gasteiger partial charge in [0.15, 0.2) is 0 Å². The molecule has 0 spiro atoms. The maximum Gasteiger partial charge on any atom is 0.407 e. The highest BCUT2D eigenvalue weighted by molar-refractivity contribution is 6.38. The first-order valence-corrected chi connectivity index (χ1v) is 11.4. The van der Waals surface area contributed by atoms with Crippen LogP contribution >= 0.6 is 0 Å². The van der Waals surface area contributed by atoms with Crippen LogP contribution < -0.4 is 16.0 Å². The van der Waals surface area contributed by atoms with E-state index in [1.807, 2.05) is 44.2 Å². The van der Waals surface area contributed by atoms with Crippen molar-refractivity contribution in [1.82, 2.24) is 16.0 Å². The fraction of sp³-hybridized carbons (Fsp3) is 0.583. The highest BCUT2D eigenvalue weighted by Crippen LogP contribution is 2.18. The van der Waals surface area contributed by atoms with Crippen LogP contribution in [0.15, 0.2) is 30.3 Å². The van der Waals surface area contributed by atoms with Crippen LogP contribution in [-0.2, 0) is 30.3 Å². The molecule has 2 unspecified atom stereocenters. The number of ether oxygens (including phenoxy) is 2. The number of carbonyl (C=O) groups excluding carboxylic acids is 4. The summed E-state index contributed by atoms with van der Waals surface area (Å²) in [6, 6.07) is 7.65. The highest BCUT2D eigenvalue weighted by atomic mass is 16.6. The van der Waals surface area contributed by atoms with Crippen LogP contribution in [0.5, 0.6) is 0 Å². The average molecular weight is 462 g/mol. The third-order valence-corrected chi connectivity index (χ3v) is 5.17. The molecule has 0 radical (unpaired) electrons. The Balaban J connectivity index is 2.06. The number of nitrogens with one attached hydrogen (secondary N) is 3. The van der Waals surface area contributed by atoms with E-state index >= 15 is 0 Å². The molecule has 1 fully saturated rings. The fourth-order valence-electron chi connectivity index (χ4n) is 3.24. The standard InChI is InChI=1S/C24H35N3O6/c1-16(2)15-20(27-24(31)33-14-13-32-3)22(29)26-19(12-9-17-7-5-4-6-8-17)21(28)23(30)25-18-10-11-18/h4-8,16,18-20H,9-15H2,1-3H3,(H,25,30)(H,26,29)(H,27,31). The van der Waals surface area contributed by atoms with Gasteiger partial charge in [0.1, 0.15) is 12.6 Å². The molecule has 0 aliphatic heterocycles. The topological polar surface area (TPSA) is 123 Å². The Morgan fingerprint density at radius 3 is 2.30 bits per heavy atom. The van der Waals surface area contributed by atoms with E-state index in [1.165, 1.54) is 7.11 Å². The summed E-state index contributed by atoms with van der Waals surface area (Å²) >= 11 is 0. The number of ketones is 1. The monoisotopic (exact) mass is 461 g/mol. The van der Waals surface area contributed by atoms with E-state index in [1.54, 1.807) is 0 Å². The van der Waals surface area contributed by atoms with Gasteiger partial charge in [-0.2, -0.15) is 0 Å². The highest BCUT2D eigenvalue weighted by Gasteiger charge is 2.33. The van der Waals surface area contributed by atoms with Crippen molar-refractivity contribution in [2.75, 3.05) is 20.3 Å². The number of methoxy groups -OCH3 is 1. The van der Waals surface area contributed by atoms with Gasteiger partial charge in [-0.1, -0.05) is 44.2 Å². The van der Waals surface area contributed by atoms with Crippen LogP contribution in [0.4, 0.5) is 4.79 Å². The van der Waals surface area contributed by atoms with Crippen LogP contribution in [0.1, 0.15) is 45.1 Å². The molecule has 3 N–H and O–H groups in total. The zero-order valence-corrected chi connectivity index (χ0v) is 19.6. The molecule has 9 heteroatoms. The number of hydrogen-bond donors (Lipinski definition) is 3.